The van der Waals surface area contributed by atoms with Crippen molar-refractivity contribution in [1.29, 1.82) is 0 Å². The number of benzene rings is 2. The minimum atomic E-state index is -4.83. The molecule has 0 aliphatic carbocycles. The van der Waals surface area contributed by atoms with Gasteiger partial charge in [-0.25, -0.2) is 4.98 Å². The van der Waals surface area contributed by atoms with Gasteiger partial charge in [-0.2, -0.15) is 0 Å². The third-order valence-corrected chi connectivity index (χ3v) is 6.43. The second kappa shape index (κ2) is 9.27. The molecule has 0 atom stereocenters. The van der Waals surface area contributed by atoms with Crippen molar-refractivity contribution in [3.05, 3.63) is 58.9 Å². The quantitative estimate of drug-likeness (QED) is 0.329. The molecule has 35 heavy (non-hydrogen) atoms. The number of alkyl halides is 3. The first-order valence-electron chi connectivity index (χ1n) is 10.7. The molecule has 1 fully saturated rings. The molecule has 182 valence electrons. The molecular formula is C23H19F3N4O4S. The van der Waals surface area contributed by atoms with Crippen LogP contribution in [0.5, 0.6) is 5.75 Å². The van der Waals surface area contributed by atoms with Gasteiger partial charge < -0.3 is 19.4 Å². The van der Waals surface area contributed by atoms with Crippen molar-refractivity contribution in [2.24, 2.45) is 0 Å². The molecule has 1 aliphatic heterocycles. The third-order valence-electron chi connectivity index (χ3n) is 5.51. The molecular weight excluding hydrogens is 485 g/mol. The number of carbonyl (C=O) groups is 1. The molecule has 1 saturated heterocycles. The number of hydrogen-bond acceptors (Lipinski definition) is 6. The molecule has 0 radical (unpaired) electrons. The topological polar surface area (TPSA) is 89.5 Å². The van der Waals surface area contributed by atoms with Crippen molar-refractivity contribution in [2.75, 3.05) is 32.1 Å². The highest BCUT2D eigenvalue weighted by molar-refractivity contribution is 7.99. The number of nitrogens with zero attached hydrogens (tertiary/aromatic N) is 3. The van der Waals surface area contributed by atoms with Crippen LogP contribution in [0.4, 0.5) is 13.2 Å². The highest BCUT2D eigenvalue weighted by Gasteiger charge is 2.31. The molecule has 5 rings (SSSR count). The first-order valence-corrected chi connectivity index (χ1v) is 11.7. The van der Waals surface area contributed by atoms with E-state index in [9.17, 15) is 22.8 Å². The Labute approximate surface area is 200 Å². The van der Waals surface area contributed by atoms with E-state index in [1.807, 2.05) is 24.3 Å². The number of H-pyrrole nitrogens is 1. The van der Waals surface area contributed by atoms with E-state index in [-0.39, 0.29) is 22.3 Å². The SMILES string of the molecule is O=C(CSc1nc2c([nH]c3ccccc32)c(=O)n1-c1ccc(OC(F)(F)F)cc1)N1CCOCC1. The van der Waals surface area contributed by atoms with Gasteiger partial charge in [0.2, 0.25) is 5.91 Å². The Morgan fingerprint density at radius 1 is 1.11 bits per heavy atom. The molecule has 8 nitrogen and oxygen atoms in total. The number of amides is 1. The fourth-order valence-electron chi connectivity index (χ4n) is 3.89. The Bertz CT molecular complexity index is 1440. The Morgan fingerprint density at radius 3 is 2.54 bits per heavy atom. The van der Waals surface area contributed by atoms with Crippen LogP contribution in [-0.2, 0) is 9.53 Å². The van der Waals surface area contributed by atoms with Gasteiger partial charge in [-0.3, -0.25) is 14.2 Å². The maximum atomic E-state index is 13.5. The maximum absolute atomic E-state index is 13.5. The van der Waals surface area contributed by atoms with Crippen LogP contribution in [0, 0.1) is 0 Å². The third kappa shape index (κ3) is 4.84. The monoisotopic (exact) mass is 504 g/mol. The first-order chi connectivity index (χ1) is 16.8. The number of fused-ring (bicyclic) bond motifs is 3. The Morgan fingerprint density at radius 2 is 1.83 bits per heavy atom. The van der Waals surface area contributed by atoms with Gasteiger partial charge in [0.25, 0.3) is 5.56 Å². The van der Waals surface area contributed by atoms with Gasteiger partial charge in [0.15, 0.2) is 5.16 Å². The van der Waals surface area contributed by atoms with Crippen LogP contribution in [0.25, 0.3) is 27.6 Å². The van der Waals surface area contributed by atoms with E-state index in [1.54, 1.807) is 4.90 Å². The van der Waals surface area contributed by atoms with E-state index in [1.165, 1.54) is 16.7 Å². The van der Waals surface area contributed by atoms with Crippen LogP contribution in [0.3, 0.4) is 0 Å². The van der Waals surface area contributed by atoms with Crippen LogP contribution in [0.1, 0.15) is 0 Å². The van der Waals surface area contributed by atoms with Gasteiger partial charge >= 0.3 is 6.36 Å². The Hall–Kier alpha value is -3.51. The van der Waals surface area contributed by atoms with E-state index in [2.05, 4.69) is 14.7 Å². The predicted octanol–water partition coefficient (Wildman–Crippen LogP) is 3.72. The average molecular weight is 504 g/mol. The number of carbonyl (C=O) groups excluding carboxylic acids is 1. The molecule has 4 aromatic rings. The lowest BCUT2D eigenvalue weighted by Crippen LogP contribution is -2.41. The molecule has 2 aromatic carbocycles. The molecule has 0 spiro atoms. The zero-order chi connectivity index (χ0) is 24.6. The number of nitrogens with one attached hydrogen (secondary N) is 1. The van der Waals surface area contributed by atoms with Crippen molar-refractivity contribution in [2.45, 2.75) is 11.5 Å². The number of rotatable bonds is 5. The minimum Gasteiger partial charge on any atom is -0.406 e. The number of aromatic amines is 1. The lowest BCUT2D eigenvalue weighted by molar-refractivity contribution is -0.274. The van der Waals surface area contributed by atoms with Crippen molar-refractivity contribution in [3.8, 4) is 11.4 Å². The van der Waals surface area contributed by atoms with E-state index in [4.69, 9.17) is 4.74 Å². The van der Waals surface area contributed by atoms with Crippen molar-refractivity contribution >= 4 is 39.6 Å². The molecule has 12 heteroatoms. The van der Waals surface area contributed by atoms with Crippen LogP contribution in [-0.4, -0.2) is 63.8 Å². The number of thioether (sulfide) groups is 1. The second-order valence-electron chi connectivity index (χ2n) is 7.75. The first kappa shape index (κ1) is 23.2. The van der Waals surface area contributed by atoms with Gasteiger partial charge in [-0.1, -0.05) is 30.0 Å². The molecule has 0 bridgehead atoms. The van der Waals surface area contributed by atoms with Gasteiger partial charge in [0.05, 0.1) is 24.7 Å². The van der Waals surface area contributed by atoms with Crippen LogP contribution in [0.2, 0.25) is 0 Å². The van der Waals surface area contributed by atoms with Crippen LogP contribution in [0.15, 0.2) is 58.5 Å². The van der Waals surface area contributed by atoms with Crippen molar-refractivity contribution < 1.29 is 27.4 Å². The molecule has 1 N–H and O–H groups in total. The zero-order valence-electron chi connectivity index (χ0n) is 18.2. The highest BCUT2D eigenvalue weighted by Crippen LogP contribution is 2.28. The summed E-state index contributed by atoms with van der Waals surface area (Å²) in [4.78, 5) is 35.7. The summed E-state index contributed by atoms with van der Waals surface area (Å²) in [5, 5.41) is 1.00. The van der Waals surface area contributed by atoms with Gasteiger partial charge in [0, 0.05) is 24.0 Å². The fraction of sp³-hybridized carbons (Fsp3) is 0.261. The molecule has 1 amide bonds. The summed E-state index contributed by atoms with van der Waals surface area (Å²) in [6.07, 6.45) is -4.83. The minimum absolute atomic E-state index is 0.0373. The number of para-hydroxylation sites is 1. The number of aromatic nitrogens is 3. The Kier molecular flexibility index (Phi) is 6.15. The molecule has 2 aromatic heterocycles. The van der Waals surface area contributed by atoms with E-state index >= 15 is 0 Å². The number of halogens is 3. The molecule has 3 heterocycles. The predicted molar refractivity (Wildman–Crippen MR) is 124 cm³/mol. The summed E-state index contributed by atoms with van der Waals surface area (Å²) in [6.45, 7) is 1.91. The summed E-state index contributed by atoms with van der Waals surface area (Å²) < 4.78 is 48.2. The second-order valence-corrected chi connectivity index (χ2v) is 8.70. The van der Waals surface area contributed by atoms with Crippen LogP contribution >= 0.6 is 11.8 Å². The summed E-state index contributed by atoms with van der Waals surface area (Å²) in [5.74, 6) is -0.493. The fourth-order valence-corrected chi connectivity index (χ4v) is 4.80. The van der Waals surface area contributed by atoms with Crippen molar-refractivity contribution in [3.63, 3.8) is 0 Å². The molecule has 0 unspecified atom stereocenters. The largest absolute Gasteiger partial charge is 0.573 e. The standard InChI is InChI=1S/C23H19F3N4O4S/c24-23(25,26)34-15-7-5-14(6-8-15)30-21(32)20-19(16-3-1-2-4-17(16)27-20)28-22(30)35-13-18(31)29-9-11-33-12-10-29/h1-8,27H,9-13H2. The summed E-state index contributed by atoms with van der Waals surface area (Å²) in [6, 6.07) is 12.2. The highest BCUT2D eigenvalue weighted by atomic mass is 32.2. The maximum Gasteiger partial charge on any atom is 0.573 e. The normalized spacial score (nSPS) is 14.5. The lowest BCUT2D eigenvalue weighted by Gasteiger charge is -2.26. The van der Waals surface area contributed by atoms with E-state index < -0.39 is 17.7 Å². The summed E-state index contributed by atoms with van der Waals surface area (Å²) in [7, 11) is 0. The van der Waals surface area contributed by atoms with Gasteiger partial charge in [-0.05, 0) is 30.3 Å². The summed E-state index contributed by atoms with van der Waals surface area (Å²) >= 11 is 1.09. The van der Waals surface area contributed by atoms with Crippen LogP contribution < -0.4 is 10.3 Å². The van der Waals surface area contributed by atoms with Gasteiger partial charge in [-0.15, -0.1) is 13.2 Å². The lowest BCUT2D eigenvalue weighted by atomic mass is 10.2. The van der Waals surface area contributed by atoms with Crippen molar-refractivity contribution in [1.82, 2.24) is 19.4 Å². The van der Waals surface area contributed by atoms with E-state index in [0.717, 1.165) is 34.8 Å². The molecule has 1 aliphatic rings. The van der Waals surface area contributed by atoms with E-state index in [0.29, 0.717) is 37.5 Å². The smallest absolute Gasteiger partial charge is 0.406 e. The number of hydrogen-bond donors (Lipinski definition) is 1. The number of morpholine rings is 1. The molecule has 0 saturated carbocycles. The Balaban J connectivity index is 1.56. The van der Waals surface area contributed by atoms with Gasteiger partial charge in [0.1, 0.15) is 16.8 Å². The average Bonchev–Trinajstić information content (AvgIpc) is 3.22. The summed E-state index contributed by atoms with van der Waals surface area (Å²) in [5.41, 5.74) is 1.29. The zero-order valence-corrected chi connectivity index (χ0v) is 19.0. The number of ether oxygens (including phenoxy) is 2.